The van der Waals surface area contributed by atoms with Crippen LogP contribution in [0.2, 0.25) is 0 Å². The van der Waals surface area contributed by atoms with Gasteiger partial charge in [0.25, 0.3) is 0 Å². The summed E-state index contributed by atoms with van der Waals surface area (Å²) in [5.41, 5.74) is 14.5. The van der Waals surface area contributed by atoms with Crippen LogP contribution in [0.3, 0.4) is 0 Å². The molecule has 11 aromatic carbocycles. The Morgan fingerprint density at radius 2 is 0.774 bits per heavy atom. The van der Waals surface area contributed by atoms with Gasteiger partial charge in [-0.05, 0) is 108 Å². The third-order valence-corrected chi connectivity index (χ3v) is 12.5. The average molecular weight is 790 g/mol. The van der Waals surface area contributed by atoms with E-state index < -0.39 is 0 Å². The normalized spacial score (nSPS) is 11.5. The first-order chi connectivity index (χ1) is 30.7. The maximum Gasteiger partial charge on any atom is 0.143 e. The second-order valence-corrected chi connectivity index (χ2v) is 16.0. The van der Waals surface area contributed by atoms with Crippen molar-refractivity contribution in [1.29, 1.82) is 0 Å². The van der Waals surface area contributed by atoms with Crippen LogP contribution in [0.25, 0.3) is 98.8 Å². The van der Waals surface area contributed by atoms with Gasteiger partial charge in [0, 0.05) is 33.1 Å². The summed E-state index contributed by atoms with van der Waals surface area (Å²) in [6, 6.07) is 85.4. The van der Waals surface area contributed by atoms with Crippen LogP contribution >= 0.6 is 0 Å². The van der Waals surface area contributed by atoms with Gasteiger partial charge in [-0.2, -0.15) is 0 Å². The number of rotatable bonds is 7. The number of benzene rings is 11. The van der Waals surface area contributed by atoms with Gasteiger partial charge >= 0.3 is 0 Å². The van der Waals surface area contributed by atoms with Crippen LogP contribution in [0.15, 0.2) is 241 Å². The second-order valence-electron chi connectivity index (χ2n) is 16.0. The van der Waals surface area contributed by atoms with Gasteiger partial charge in [-0.15, -0.1) is 0 Å². The third kappa shape index (κ3) is 6.04. The predicted molar refractivity (Wildman–Crippen MR) is 263 cm³/mol. The highest BCUT2D eigenvalue weighted by molar-refractivity contribution is 6.19. The SMILES string of the molecule is c1ccc(-c2ccc(-c3ccc(N(c4ccc(-c5cccc6oc7c8ccccc8ccc7c56)cc4)c4ccccc4-c4cccc5c4ccc4ccccc45)cc3)cc2)cc1. The Hall–Kier alpha value is -8.20. The summed E-state index contributed by atoms with van der Waals surface area (Å²) in [4.78, 5) is 2.40. The van der Waals surface area contributed by atoms with Gasteiger partial charge in [0.05, 0.1) is 5.69 Å². The van der Waals surface area contributed by atoms with Crippen molar-refractivity contribution in [1.82, 2.24) is 0 Å². The monoisotopic (exact) mass is 789 g/mol. The molecule has 12 rings (SSSR count). The molecule has 0 aliphatic rings. The molecule has 0 radical (unpaired) electrons. The molecule has 2 heteroatoms. The van der Waals surface area contributed by atoms with E-state index in [0.717, 1.165) is 55.5 Å². The van der Waals surface area contributed by atoms with E-state index in [9.17, 15) is 0 Å². The van der Waals surface area contributed by atoms with Crippen molar-refractivity contribution in [3.05, 3.63) is 237 Å². The van der Waals surface area contributed by atoms with Gasteiger partial charge in [0.15, 0.2) is 0 Å². The van der Waals surface area contributed by atoms with Crippen molar-refractivity contribution in [2.45, 2.75) is 0 Å². The first-order valence-electron chi connectivity index (χ1n) is 21.2. The zero-order chi connectivity index (χ0) is 41.0. The van der Waals surface area contributed by atoms with Gasteiger partial charge < -0.3 is 9.32 Å². The summed E-state index contributed by atoms with van der Waals surface area (Å²) in [5.74, 6) is 0. The minimum absolute atomic E-state index is 0.895. The zero-order valence-corrected chi connectivity index (χ0v) is 33.9. The molecule has 0 aliphatic heterocycles. The highest BCUT2D eigenvalue weighted by Gasteiger charge is 2.20. The van der Waals surface area contributed by atoms with Gasteiger partial charge in [-0.25, -0.2) is 0 Å². The summed E-state index contributed by atoms with van der Waals surface area (Å²) in [5, 5.41) is 9.57. The lowest BCUT2D eigenvalue weighted by atomic mass is 9.93. The summed E-state index contributed by atoms with van der Waals surface area (Å²) in [7, 11) is 0. The Bertz CT molecular complexity index is 3600. The van der Waals surface area contributed by atoms with E-state index >= 15 is 0 Å². The van der Waals surface area contributed by atoms with E-state index in [1.165, 1.54) is 60.3 Å². The van der Waals surface area contributed by atoms with Gasteiger partial charge in [0.2, 0.25) is 0 Å². The zero-order valence-electron chi connectivity index (χ0n) is 33.9. The number of para-hydroxylation sites is 1. The van der Waals surface area contributed by atoms with Crippen LogP contribution < -0.4 is 4.90 Å². The third-order valence-electron chi connectivity index (χ3n) is 12.5. The Balaban J connectivity index is 0.989. The van der Waals surface area contributed by atoms with Crippen LogP contribution in [-0.2, 0) is 0 Å². The first kappa shape index (κ1) is 35.7. The van der Waals surface area contributed by atoms with Gasteiger partial charge in [-0.1, -0.05) is 194 Å². The molecule has 62 heavy (non-hydrogen) atoms. The summed E-state index contributed by atoms with van der Waals surface area (Å²) in [6.45, 7) is 0. The Kier molecular flexibility index (Phi) is 8.53. The molecule has 290 valence electrons. The molecule has 0 spiro atoms. The summed E-state index contributed by atoms with van der Waals surface area (Å²) < 4.78 is 6.57. The molecule has 0 unspecified atom stereocenters. The second kappa shape index (κ2) is 14.8. The van der Waals surface area contributed by atoms with Gasteiger partial charge in [0.1, 0.15) is 11.2 Å². The Morgan fingerprint density at radius 3 is 1.50 bits per heavy atom. The lowest BCUT2D eigenvalue weighted by Crippen LogP contribution is -2.11. The highest BCUT2D eigenvalue weighted by Crippen LogP contribution is 2.45. The molecule has 0 bridgehead atoms. The molecule has 0 saturated carbocycles. The molecule has 0 saturated heterocycles. The lowest BCUT2D eigenvalue weighted by Gasteiger charge is -2.28. The fourth-order valence-electron chi connectivity index (χ4n) is 9.47. The fraction of sp³-hybridized carbons (Fsp3) is 0. The van der Waals surface area contributed by atoms with Crippen molar-refractivity contribution < 1.29 is 4.42 Å². The molecule has 1 heterocycles. The first-order valence-corrected chi connectivity index (χ1v) is 21.2. The molecule has 0 atom stereocenters. The standard InChI is InChI=1S/C60H39NO/c1-2-12-40(13-3-1)41-24-26-42(27-25-41)43-28-34-47(35-29-43)61(57-22-9-8-18-55(57)53-21-10-20-52-49-16-6-4-14-44(49)32-38-54(52)53)48-36-30-46(31-37-48)50-19-11-23-58-59(50)56-39-33-45-15-5-7-17-51(45)60(56)62-58/h1-39H. The van der Waals surface area contributed by atoms with Crippen molar-refractivity contribution in [2.24, 2.45) is 0 Å². The Morgan fingerprint density at radius 1 is 0.274 bits per heavy atom. The number of nitrogens with zero attached hydrogens (tertiary/aromatic N) is 1. The van der Waals surface area contributed by atoms with Crippen LogP contribution in [0, 0.1) is 0 Å². The topological polar surface area (TPSA) is 16.4 Å². The minimum atomic E-state index is 0.895. The van der Waals surface area contributed by atoms with Crippen molar-refractivity contribution >= 4 is 71.3 Å². The molecule has 12 aromatic rings. The fourth-order valence-corrected chi connectivity index (χ4v) is 9.47. The molecule has 0 N–H and O–H groups in total. The summed E-state index contributed by atoms with van der Waals surface area (Å²) in [6.07, 6.45) is 0. The lowest BCUT2D eigenvalue weighted by molar-refractivity contribution is 0.673. The van der Waals surface area contributed by atoms with Crippen molar-refractivity contribution in [3.8, 4) is 44.5 Å². The molecule has 0 aliphatic carbocycles. The molecule has 1 aromatic heterocycles. The van der Waals surface area contributed by atoms with Crippen LogP contribution in [-0.4, -0.2) is 0 Å². The van der Waals surface area contributed by atoms with Crippen molar-refractivity contribution in [2.75, 3.05) is 4.90 Å². The molecule has 0 fully saturated rings. The largest absolute Gasteiger partial charge is 0.455 e. The smallest absolute Gasteiger partial charge is 0.143 e. The minimum Gasteiger partial charge on any atom is -0.455 e. The van der Waals surface area contributed by atoms with Crippen LogP contribution in [0.1, 0.15) is 0 Å². The quantitative estimate of drug-likeness (QED) is 0.150. The number of anilines is 3. The predicted octanol–water partition coefficient (Wildman–Crippen LogP) is 17.2. The van der Waals surface area contributed by atoms with Gasteiger partial charge in [-0.3, -0.25) is 0 Å². The number of hydrogen-bond donors (Lipinski definition) is 0. The van der Waals surface area contributed by atoms with E-state index in [2.05, 4.69) is 241 Å². The molecular formula is C60H39NO. The summed E-state index contributed by atoms with van der Waals surface area (Å²) >= 11 is 0. The number of fused-ring (bicyclic) bond motifs is 8. The van der Waals surface area contributed by atoms with Crippen LogP contribution in [0.4, 0.5) is 17.1 Å². The molecule has 2 nitrogen and oxygen atoms in total. The molecular weight excluding hydrogens is 751 g/mol. The maximum atomic E-state index is 6.57. The average Bonchev–Trinajstić information content (AvgIpc) is 3.75. The van der Waals surface area contributed by atoms with E-state index in [0.29, 0.717) is 0 Å². The maximum absolute atomic E-state index is 6.57. The van der Waals surface area contributed by atoms with E-state index in [1.54, 1.807) is 0 Å². The van der Waals surface area contributed by atoms with Crippen LogP contribution in [0.5, 0.6) is 0 Å². The number of hydrogen-bond acceptors (Lipinski definition) is 2. The van der Waals surface area contributed by atoms with Crippen molar-refractivity contribution in [3.63, 3.8) is 0 Å². The molecule has 0 amide bonds. The van der Waals surface area contributed by atoms with E-state index in [4.69, 9.17) is 4.42 Å². The van der Waals surface area contributed by atoms with E-state index in [-0.39, 0.29) is 0 Å². The highest BCUT2D eigenvalue weighted by atomic mass is 16.3. The Labute approximate surface area is 360 Å². The number of furan rings is 1. The van der Waals surface area contributed by atoms with E-state index in [1.807, 2.05) is 0 Å².